The molecule has 4 nitrogen and oxygen atoms in total. The predicted octanol–water partition coefficient (Wildman–Crippen LogP) is 2.67. The van der Waals surface area contributed by atoms with Crippen LogP contribution >= 0.6 is 0 Å². The lowest BCUT2D eigenvalue weighted by atomic mass is 9.80. The summed E-state index contributed by atoms with van der Waals surface area (Å²) in [7, 11) is -3.03. The number of nitrogens with one attached hydrogen (secondary N) is 1. The quantitative estimate of drug-likeness (QED) is 0.580. The van der Waals surface area contributed by atoms with E-state index in [4.69, 9.17) is 0 Å². The van der Waals surface area contributed by atoms with Crippen molar-refractivity contribution in [2.45, 2.75) is 64.3 Å². The van der Waals surface area contributed by atoms with Crippen LogP contribution < -0.4 is 5.32 Å². The standard InChI is InChI=1S/C16H30N2O2S/c1-3-18(21(2,19)20)13-5-12-17-16-10-8-15(9-11-16)14-6-4-7-14/h16-17H,3-13H2,1-2H3. The molecule has 0 radical (unpaired) electrons. The van der Waals surface area contributed by atoms with Crippen LogP contribution in [0, 0.1) is 0 Å². The van der Waals surface area contributed by atoms with Gasteiger partial charge in [-0.05, 0) is 57.9 Å². The molecule has 21 heavy (non-hydrogen) atoms. The molecule has 5 heteroatoms. The van der Waals surface area contributed by atoms with Crippen LogP contribution in [0.5, 0.6) is 0 Å². The zero-order valence-corrected chi connectivity index (χ0v) is 14.3. The maximum atomic E-state index is 11.5. The van der Waals surface area contributed by atoms with E-state index < -0.39 is 10.0 Å². The van der Waals surface area contributed by atoms with Gasteiger partial charge in [0.2, 0.25) is 10.0 Å². The van der Waals surface area contributed by atoms with Gasteiger partial charge in [-0.2, -0.15) is 0 Å². The molecule has 2 saturated carbocycles. The van der Waals surface area contributed by atoms with Crippen LogP contribution in [0.2, 0.25) is 0 Å². The SMILES string of the molecule is CCN(CCCNC1CCC(=C2CCC2)CC1)S(C)(=O)=O. The molecule has 0 aromatic rings. The van der Waals surface area contributed by atoms with Gasteiger partial charge >= 0.3 is 0 Å². The number of nitrogens with zero attached hydrogens (tertiary/aromatic N) is 1. The van der Waals surface area contributed by atoms with E-state index in [-0.39, 0.29) is 0 Å². The fourth-order valence-electron chi connectivity index (χ4n) is 3.35. The third kappa shape index (κ3) is 5.08. The minimum atomic E-state index is -3.03. The first-order valence-corrected chi connectivity index (χ1v) is 10.2. The van der Waals surface area contributed by atoms with E-state index in [2.05, 4.69) is 5.32 Å². The van der Waals surface area contributed by atoms with Gasteiger partial charge in [-0.25, -0.2) is 12.7 Å². The van der Waals surface area contributed by atoms with Crippen molar-refractivity contribution in [3.05, 3.63) is 11.1 Å². The minimum Gasteiger partial charge on any atom is -0.314 e. The van der Waals surface area contributed by atoms with Gasteiger partial charge in [-0.1, -0.05) is 18.1 Å². The number of allylic oxidation sites excluding steroid dienone is 2. The van der Waals surface area contributed by atoms with Crippen molar-refractivity contribution in [2.24, 2.45) is 0 Å². The summed E-state index contributed by atoms with van der Waals surface area (Å²) in [5.41, 5.74) is 3.49. The van der Waals surface area contributed by atoms with E-state index >= 15 is 0 Å². The van der Waals surface area contributed by atoms with Gasteiger partial charge in [0.25, 0.3) is 0 Å². The molecule has 0 aromatic carbocycles. The summed E-state index contributed by atoms with van der Waals surface area (Å²) in [6.45, 7) is 4.01. The van der Waals surface area contributed by atoms with Crippen molar-refractivity contribution < 1.29 is 8.42 Å². The second kappa shape index (κ2) is 7.75. The van der Waals surface area contributed by atoms with Gasteiger partial charge in [0.1, 0.15) is 0 Å². The third-order valence-electron chi connectivity index (χ3n) is 4.89. The van der Waals surface area contributed by atoms with E-state index in [0.29, 0.717) is 19.1 Å². The van der Waals surface area contributed by atoms with E-state index in [1.807, 2.05) is 6.92 Å². The van der Waals surface area contributed by atoms with Crippen molar-refractivity contribution in [2.75, 3.05) is 25.9 Å². The van der Waals surface area contributed by atoms with E-state index in [0.717, 1.165) is 13.0 Å². The molecule has 0 unspecified atom stereocenters. The zero-order chi connectivity index (χ0) is 15.3. The van der Waals surface area contributed by atoms with Crippen LogP contribution in [0.15, 0.2) is 11.1 Å². The summed E-state index contributed by atoms with van der Waals surface area (Å²) in [5, 5.41) is 3.60. The molecule has 0 atom stereocenters. The molecule has 0 aliphatic heterocycles. The summed E-state index contributed by atoms with van der Waals surface area (Å²) in [5.74, 6) is 0. The van der Waals surface area contributed by atoms with Crippen LogP contribution in [0.25, 0.3) is 0 Å². The first-order chi connectivity index (χ1) is 10.0. The van der Waals surface area contributed by atoms with Gasteiger partial charge in [0.15, 0.2) is 0 Å². The third-order valence-corrected chi connectivity index (χ3v) is 6.26. The molecule has 122 valence electrons. The molecular weight excluding hydrogens is 284 g/mol. The first kappa shape index (κ1) is 17.0. The van der Waals surface area contributed by atoms with Gasteiger partial charge in [0.05, 0.1) is 6.26 Å². The van der Waals surface area contributed by atoms with E-state index in [1.165, 1.54) is 51.2 Å². The zero-order valence-electron chi connectivity index (χ0n) is 13.5. The Balaban J connectivity index is 1.62. The molecule has 0 aromatic heterocycles. The molecule has 2 aliphatic carbocycles. The maximum Gasteiger partial charge on any atom is 0.211 e. The van der Waals surface area contributed by atoms with E-state index in [9.17, 15) is 8.42 Å². The summed E-state index contributed by atoms with van der Waals surface area (Å²) in [6.07, 6.45) is 11.3. The lowest BCUT2D eigenvalue weighted by Crippen LogP contribution is -2.36. The Kier molecular flexibility index (Phi) is 6.26. The van der Waals surface area contributed by atoms with Gasteiger partial charge in [-0.3, -0.25) is 0 Å². The smallest absolute Gasteiger partial charge is 0.211 e. The molecule has 1 N–H and O–H groups in total. The molecule has 2 aliphatic rings. The molecule has 0 saturated heterocycles. The number of sulfonamides is 1. The number of hydrogen-bond donors (Lipinski definition) is 1. The fourth-order valence-corrected chi connectivity index (χ4v) is 4.28. The van der Waals surface area contributed by atoms with Crippen LogP contribution in [0.1, 0.15) is 58.3 Å². The Morgan fingerprint density at radius 3 is 2.24 bits per heavy atom. The van der Waals surface area contributed by atoms with Gasteiger partial charge in [-0.15, -0.1) is 0 Å². The van der Waals surface area contributed by atoms with Crippen LogP contribution in [-0.2, 0) is 10.0 Å². The van der Waals surface area contributed by atoms with E-state index in [1.54, 1.807) is 15.5 Å². The molecule has 2 rings (SSSR count). The predicted molar refractivity (Wildman–Crippen MR) is 87.8 cm³/mol. The number of rotatable bonds is 7. The van der Waals surface area contributed by atoms with Crippen molar-refractivity contribution in [1.82, 2.24) is 9.62 Å². The normalized spacial score (nSPS) is 23.5. The highest BCUT2D eigenvalue weighted by Gasteiger charge is 2.21. The minimum absolute atomic E-state index is 0.569. The van der Waals surface area contributed by atoms with Crippen molar-refractivity contribution >= 4 is 10.0 Å². The molecule has 0 spiro atoms. The van der Waals surface area contributed by atoms with Crippen LogP contribution in [-0.4, -0.2) is 44.7 Å². The average Bonchev–Trinajstić information content (AvgIpc) is 2.37. The Labute approximate surface area is 130 Å². The fraction of sp³-hybridized carbons (Fsp3) is 0.875. The Morgan fingerprint density at radius 1 is 1.14 bits per heavy atom. The highest BCUT2D eigenvalue weighted by Crippen LogP contribution is 2.35. The summed E-state index contributed by atoms with van der Waals surface area (Å²) in [6, 6.07) is 0.628. The molecule has 0 heterocycles. The topological polar surface area (TPSA) is 49.4 Å². The van der Waals surface area contributed by atoms with Crippen LogP contribution in [0.3, 0.4) is 0 Å². The molecular formula is C16H30N2O2S. The number of hydrogen-bond acceptors (Lipinski definition) is 3. The average molecular weight is 314 g/mol. The van der Waals surface area contributed by atoms with Crippen molar-refractivity contribution in [1.29, 1.82) is 0 Å². The van der Waals surface area contributed by atoms with Crippen molar-refractivity contribution in [3.8, 4) is 0 Å². The monoisotopic (exact) mass is 314 g/mol. The highest BCUT2D eigenvalue weighted by molar-refractivity contribution is 7.88. The van der Waals surface area contributed by atoms with Gasteiger partial charge in [0, 0.05) is 19.1 Å². The summed E-state index contributed by atoms with van der Waals surface area (Å²) in [4.78, 5) is 0. The molecule has 0 bridgehead atoms. The Morgan fingerprint density at radius 2 is 1.76 bits per heavy atom. The van der Waals surface area contributed by atoms with Gasteiger partial charge < -0.3 is 5.32 Å². The first-order valence-electron chi connectivity index (χ1n) is 8.39. The highest BCUT2D eigenvalue weighted by atomic mass is 32.2. The lowest BCUT2D eigenvalue weighted by molar-refractivity contribution is 0.383. The molecule has 2 fully saturated rings. The maximum absolute atomic E-state index is 11.5. The Hall–Kier alpha value is -0.390. The van der Waals surface area contributed by atoms with Crippen molar-refractivity contribution in [3.63, 3.8) is 0 Å². The summed E-state index contributed by atoms with van der Waals surface area (Å²) >= 11 is 0. The van der Waals surface area contributed by atoms with Crippen LogP contribution in [0.4, 0.5) is 0 Å². The Bertz CT molecular complexity index is 455. The summed E-state index contributed by atoms with van der Waals surface area (Å²) < 4.78 is 24.5. The second-order valence-electron chi connectivity index (χ2n) is 6.40. The second-order valence-corrected chi connectivity index (χ2v) is 8.38. The molecule has 0 amide bonds. The largest absolute Gasteiger partial charge is 0.314 e. The lowest BCUT2D eigenvalue weighted by Gasteiger charge is -2.30.